The predicted octanol–water partition coefficient (Wildman–Crippen LogP) is 2.54. The number of rotatable bonds is 2. The van der Waals surface area contributed by atoms with Crippen molar-refractivity contribution in [1.82, 2.24) is 4.90 Å². The lowest BCUT2D eigenvalue weighted by molar-refractivity contribution is -0.140. The van der Waals surface area contributed by atoms with Gasteiger partial charge in [-0.1, -0.05) is 33.1 Å². The molecule has 0 aromatic heterocycles. The maximum Gasteiger partial charge on any atom is 0.242 e. The van der Waals surface area contributed by atoms with Crippen molar-refractivity contribution < 1.29 is 4.79 Å². The Balaban J connectivity index is 2.01. The van der Waals surface area contributed by atoms with Gasteiger partial charge in [-0.05, 0) is 37.5 Å². The molecule has 0 aromatic carbocycles. The highest BCUT2D eigenvalue weighted by molar-refractivity contribution is 5.86. The minimum atomic E-state index is -0.562. The first-order chi connectivity index (χ1) is 8.55. The number of carbonyl (C=O) groups excluding carboxylic acids is 1. The van der Waals surface area contributed by atoms with Crippen molar-refractivity contribution in [3.63, 3.8) is 0 Å². The zero-order chi connectivity index (χ0) is 13.2. The fraction of sp³-hybridized carbons (Fsp3) is 0.933. The Morgan fingerprint density at radius 1 is 1.39 bits per heavy atom. The van der Waals surface area contributed by atoms with E-state index < -0.39 is 5.54 Å². The van der Waals surface area contributed by atoms with Crippen LogP contribution in [0, 0.1) is 11.8 Å². The molecule has 0 spiro atoms. The first-order valence-electron chi connectivity index (χ1n) is 7.63. The second-order valence-electron chi connectivity index (χ2n) is 6.53. The summed E-state index contributed by atoms with van der Waals surface area (Å²) >= 11 is 0. The highest BCUT2D eigenvalue weighted by Crippen LogP contribution is 2.33. The molecule has 1 amide bonds. The summed E-state index contributed by atoms with van der Waals surface area (Å²) in [6.45, 7) is 6.30. The molecule has 3 unspecified atom stereocenters. The Labute approximate surface area is 111 Å². The van der Waals surface area contributed by atoms with Gasteiger partial charge in [0.15, 0.2) is 0 Å². The molecule has 104 valence electrons. The Hall–Kier alpha value is -0.570. The lowest BCUT2D eigenvalue weighted by Crippen LogP contribution is -2.59. The molecule has 18 heavy (non-hydrogen) atoms. The van der Waals surface area contributed by atoms with E-state index in [-0.39, 0.29) is 5.91 Å². The Morgan fingerprint density at radius 3 is 2.83 bits per heavy atom. The maximum absolute atomic E-state index is 12.7. The van der Waals surface area contributed by atoms with E-state index >= 15 is 0 Å². The molecule has 1 heterocycles. The van der Waals surface area contributed by atoms with Gasteiger partial charge in [-0.25, -0.2) is 0 Å². The van der Waals surface area contributed by atoms with E-state index in [1.807, 2.05) is 0 Å². The van der Waals surface area contributed by atoms with Crippen molar-refractivity contribution in [2.45, 2.75) is 64.3 Å². The third-order valence-electron chi connectivity index (χ3n) is 4.84. The van der Waals surface area contributed by atoms with Gasteiger partial charge < -0.3 is 10.6 Å². The van der Waals surface area contributed by atoms with Gasteiger partial charge in [0.2, 0.25) is 5.91 Å². The molecule has 3 atom stereocenters. The molecule has 1 aliphatic carbocycles. The minimum absolute atomic E-state index is 0.229. The largest absolute Gasteiger partial charge is 0.341 e. The van der Waals surface area contributed by atoms with Crippen LogP contribution in [0.15, 0.2) is 0 Å². The van der Waals surface area contributed by atoms with Gasteiger partial charge >= 0.3 is 0 Å². The Morgan fingerprint density at radius 2 is 2.17 bits per heavy atom. The van der Waals surface area contributed by atoms with Crippen LogP contribution in [0.1, 0.15) is 58.8 Å². The molecule has 2 N–H and O–H groups in total. The van der Waals surface area contributed by atoms with Gasteiger partial charge in [-0.3, -0.25) is 4.79 Å². The fourth-order valence-electron chi connectivity index (χ4n) is 3.68. The van der Waals surface area contributed by atoms with Crippen LogP contribution < -0.4 is 5.73 Å². The van der Waals surface area contributed by atoms with E-state index in [2.05, 4.69) is 18.7 Å². The fourth-order valence-corrected chi connectivity index (χ4v) is 3.68. The summed E-state index contributed by atoms with van der Waals surface area (Å²) in [6, 6.07) is 0. The summed E-state index contributed by atoms with van der Waals surface area (Å²) in [5.41, 5.74) is 5.86. The molecule has 0 bridgehead atoms. The van der Waals surface area contributed by atoms with Gasteiger partial charge in [-0.2, -0.15) is 0 Å². The first kappa shape index (κ1) is 13.9. The quantitative estimate of drug-likeness (QED) is 0.821. The molecule has 0 radical (unpaired) electrons. The SMILES string of the molecule is CCC1CCCN(C(=O)C2(N)CCCC(C)C2)C1. The average molecular weight is 252 g/mol. The summed E-state index contributed by atoms with van der Waals surface area (Å²) in [6.07, 6.45) is 7.68. The number of carbonyl (C=O) groups is 1. The zero-order valence-corrected chi connectivity index (χ0v) is 12.0. The van der Waals surface area contributed by atoms with Crippen LogP contribution >= 0.6 is 0 Å². The number of likely N-dealkylation sites (tertiary alicyclic amines) is 1. The predicted molar refractivity (Wildman–Crippen MR) is 74.1 cm³/mol. The van der Waals surface area contributed by atoms with Gasteiger partial charge in [-0.15, -0.1) is 0 Å². The molecule has 1 saturated carbocycles. The molecule has 1 saturated heterocycles. The van der Waals surface area contributed by atoms with E-state index in [1.54, 1.807) is 0 Å². The molecule has 2 rings (SSSR count). The van der Waals surface area contributed by atoms with Gasteiger partial charge in [0, 0.05) is 13.1 Å². The lowest BCUT2D eigenvalue weighted by Gasteiger charge is -2.41. The molecular weight excluding hydrogens is 224 g/mol. The van der Waals surface area contributed by atoms with Crippen LogP contribution in [0.2, 0.25) is 0 Å². The smallest absolute Gasteiger partial charge is 0.242 e. The standard InChI is InChI=1S/C15H28N2O/c1-3-13-7-5-9-17(11-13)14(18)15(16)8-4-6-12(2)10-15/h12-13H,3-11,16H2,1-2H3. The molecule has 0 aromatic rings. The maximum atomic E-state index is 12.7. The Kier molecular flexibility index (Phi) is 4.31. The van der Waals surface area contributed by atoms with Crippen LogP contribution in [0.3, 0.4) is 0 Å². The third kappa shape index (κ3) is 2.87. The number of nitrogens with two attached hydrogens (primary N) is 1. The topological polar surface area (TPSA) is 46.3 Å². The van der Waals surface area contributed by atoms with Gasteiger partial charge in [0.05, 0.1) is 5.54 Å². The summed E-state index contributed by atoms with van der Waals surface area (Å²) in [4.78, 5) is 14.7. The van der Waals surface area contributed by atoms with Crippen molar-refractivity contribution >= 4 is 5.91 Å². The third-order valence-corrected chi connectivity index (χ3v) is 4.84. The van der Waals surface area contributed by atoms with Crippen molar-refractivity contribution in [2.75, 3.05) is 13.1 Å². The Bertz CT molecular complexity index is 305. The average Bonchev–Trinajstić information content (AvgIpc) is 2.37. The van der Waals surface area contributed by atoms with E-state index in [9.17, 15) is 4.79 Å². The number of piperidine rings is 1. The van der Waals surface area contributed by atoms with Crippen molar-refractivity contribution in [2.24, 2.45) is 17.6 Å². The van der Waals surface area contributed by atoms with Crippen LogP contribution in [0.25, 0.3) is 0 Å². The minimum Gasteiger partial charge on any atom is -0.341 e. The van der Waals surface area contributed by atoms with Gasteiger partial charge in [0.25, 0.3) is 0 Å². The second kappa shape index (κ2) is 5.60. The van der Waals surface area contributed by atoms with Crippen molar-refractivity contribution in [3.8, 4) is 0 Å². The number of nitrogens with zero attached hydrogens (tertiary/aromatic N) is 1. The summed E-state index contributed by atoms with van der Waals surface area (Å²) in [7, 11) is 0. The summed E-state index contributed by atoms with van der Waals surface area (Å²) in [5.74, 6) is 1.51. The molecular formula is C15H28N2O. The van der Waals surface area contributed by atoms with Crippen molar-refractivity contribution in [3.05, 3.63) is 0 Å². The van der Waals surface area contributed by atoms with Gasteiger partial charge in [0.1, 0.15) is 0 Å². The number of amides is 1. The van der Waals surface area contributed by atoms with E-state index in [1.165, 1.54) is 19.3 Å². The molecule has 3 nitrogen and oxygen atoms in total. The molecule has 2 fully saturated rings. The number of hydrogen-bond acceptors (Lipinski definition) is 2. The van der Waals surface area contributed by atoms with Crippen LogP contribution in [0.5, 0.6) is 0 Å². The van der Waals surface area contributed by atoms with Crippen LogP contribution in [-0.4, -0.2) is 29.4 Å². The van der Waals surface area contributed by atoms with Crippen molar-refractivity contribution in [1.29, 1.82) is 0 Å². The molecule has 3 heteroatoms. The normalized spacial score (nSPS) is 37.6. The first-order valence-corrected chi connectivity index (χ1v) is 7.63. The van der Waals surface area contributed by atoms with Crippen LogP contribution in [0.4, 0.5) is 0 Å². The van der Waals surface area contributed by atoms with E-state index in [4.69, 9.17) is 5.73 Å². The highest BCUT2D eigenvalue weighted by atomic mass is 16.2. The lowest BCUT2D eigenvalue weighted by atomic mass is 9.76. The molecule has 1 aliphatic heterocycles. The zero-order valence-electron chi connectivity index (χ0n) is 12.0. The van der Waals surface area contributed by atoms with E-state index in [0.717, 1.165) is 38.8 Å². The number of hydrogen-bond donors (Lipinski definition) is 1. The summed E-state index contributed by atoms with van der Waals surface area (Å²) in [5, 5.41) is 0. The molecule has 2 aliphatic rings. The van der Waals surface area contributed by atoms with Crippen LogP contribution in [-0.2, 0) is 4.79 Å². The highest BCUT2D eigenvalue weighted by Gasteiger charge is 2.41. The van der Waals surface area contributed by atoms with E-state index in [0.29, 0.717) is 11.8 Å². The monoisotopic (exact) mass is 252 g/mol. The second-order valence-corrected chi connectivity index (χ2v) is 6.53. The summed E-state index contributed by atoms with van der Waals surface area (Å²) < 4.78 is 0.